The summed E-state index contributed by atoms with van der Waals surface area (Å²) in [6.45, 7) is 4.53. The van der Waals surface area contributed by atoms with E-state index in [-0.39, 0.29) is 0 Å². The lowest BCUT2D eigenvalue weighted by molar-refractivity contribution is 0.377. The molecule has 2 N–H and O–H groups in total. The molecule has 0 saturated heterocycles. The van der Waals surface area contributed by atoms with Gasteiger partial charge >= 0.3 is 0 Å². The van der Waals surface area contributed by atoms with Crippen LogP contribution in [0.15, 0.2) is 19.0 Å². The van der Waals surface area contributed by atoms with E-state index in [1.165, 1.54) is 0 Å². The highest BCUT2D eigenvalue weighted by molar-refractivity contribution is 5.00. The second kappa shape index (κ2) is 4.57. The van der Waals surface area contributed by atoms with Crippen molar-refractivity contribution in [3.8, 4) is 0 Å². The van der Waals surface area contributed by atoms with E-state index in [0.29, 0.717) is 12.0 Å². The summed E-state index contributed by atoms with van der Waals surface area (Å²) in [5, 5.41) is 8.18. The van der Waals surface area contributed by atoms with Crippen LogP contribution in [-0.2, 0) is 6.54 Å². The highest BCUT2D eigenvalue weighted by atomic mass is 15.3. The van der Waals surface area contributed by atoms with Crippen LogP contribution in [0.25, 0.3) is 0 Å². The van der Waals surface area contributed by atoms with Gasteiger partial charge in [-0.15, -0.1) is 16.8 Å². The zero-order valence-electron chi connectivity index (χ0n) is 8.97. The van der Waals surface area contributed by atoms with Crippen molar-refractivity contribution in [2.24, 2.45) is 5.73 Å². The van der Waals surface area contributed by atoms with Crippen molar-refractivity contribution in [1.82, 2.24) is 14.8 Å². The summed E-state index contributed by atoms with van der Waals surface area (Å²) in [4.78, 5) is 0. The first-order valence-corrected chi connectivity index (χ1v) is 5.55. The predicted octanol–water partition coefficient (Wildman–Crippen LogP) is 1.45. The molecule has 1 heterocycles. The number of nitrogens with two attached hydrogens (primary N) is 1. The molecule has 1 fully saturated rings. The summed E-state index contributed by atoms with van der Waals surface area (Å²) >= 11 is 0. The molecule has 0 atom stereocenters. The topological polar surface area (TPSA) is 56.7 Å². The fourth-order valence-electron chi connectivity index (χ4n) is 2.24. The molecule has 1 aromatic rings. The average molecular weight is 206 g/mol. The summed E-state index contributed by atoms with van der Waals surface area (Å²) in [5.74, 6) is 1.63. The van der Waals surface area contributed by atoms with Gasteiger partial charge in [-0.2, -0.15) is 0 Å². The van der Waals surface area contributed by atoms with Gasteiger partial charge < -0.3 is 10.3 Å². The minimum absolute atomic E-state index is 0.386. The Bertz CT molecular complexity index is 323. The van der Waals surface area contributed by atoms with Gasteiger partial charge in [0.05, 0.1) is 0 Å². The first-order chi connectivity index (χ1) is 7.31. The highest BCUT2D eigenvalue weighted by Crippen LogP contribution is 2.30. The molecule has 0 bridgehead atoms. The lowest BCUT2D eigenvalue weighted by atomic mass is 9.86. The Morgan fingerprint density at radius 3 is 2.87 bits per heavy atom. The Morgan fingerprint density at radius 2 is 2.20 bits per heavy atom. The lowest BCUT2D eigenvalue weighted by Gasteiger charge is -2.25. The molecule has 1 saturated carbocycles. The molecule has 0 amide bonds. The second-order valence-corrected chi connectivity index (χ2v) is 4.24. The third-order valence-corrected chi connectivity index (χ3v) is 3.11. The molecule has 1 aliphatic rings. The SMILES string of the molecule is C=CCn1cnnc1C1CCC(N)CC1. The van der Waals surface area contributed by atoms with Gasteiger partial charge in [0.1, 0.15) is 12.2 Å². The Morgan fingerprint density at radius 1 is 1.47 bits per heavy atom. The largest absolute Gasteiger partial charge is 0.328 e. The molecular formula is C11H18N4. The normalized spacial score (nSPS) is 26.5. The van der Waals surface area contributed by atoms with Crippen LogP contribution in [0.2, 0.25) is 0 Å². The summed E-state index contributed by atoms with van der Waals surface area (Å²) in [5.41, 5.74) is 5.89. The highest BCUT2D eigenvalue weighted by Gasteiger charge is 2.23. The average Bonchev–Trinajstić information content (AvgIpc) is 2.68. The van der Waals surface area contributed by atoms with E-state index in [4.69, 9.17) is 5.73 Å². The zero-order chi connectivity index (χ0) is 10.7. The van der Waals surface area contributed by atoms with Crippen LogP contribution in [0, 0.1) is 0 Å². The number of aromatic nitrogens is 3. The molecule has 0 aromatic carbocycles. The smallest absolute Gasteiger partial charge is 0.136 e. The van der Waals surface area contributed by atoms with Gasteiger partial charge in [0, 0.05) is 18.5 Å². The van der Waals surface area contributed by atoms with Crippen molar-refractivity contribution < 1.29 is 0 Å². The maximum absolute atomic E-state index is 5.89. The van der Waals surface area contributed by atoms with Gasteiger partial charge in [0.25, 0.3) is 0 Å². The molecule has 15 heavy (non-hydrogen) atoms. The maximum Gasteiger partial charge on any atom is 0.136 e. The molecular weight excluding hydrogens is 188 g/mol. The van der Waals surface area contributed by atoms with Crippen molar-refractivity contribution in [3.63, 3.8) is 0 Å². The van der Waals surface area contributed by atoms with E-state index < -0.39 is 0 Å². The van der Waals surface area contributed by atoms with E-state index in [2.05, 4.69) is 21.3 Å². The van der Waals surface area contributed by atoms with Crippen molar-refractivity contribution >= 4 is 0 Å². The Labute approximate surface area is 90.2 Å². The van der Waals surface area contributed by atoms with Gasteiger partial charge in [0.15, 0.2) is 0 Å². The van der Waals surface area contributed by atoms with Gasteiger partial charge in [-0.1, -0.05) is 6.08 Å². The molecule has 0 radical (unpaired) electrons. The first kappa shape index (κ1) is 10.4. The molecule has 1 aromatic heterocycles. The summed E-state index contributed by atoms with van der Waals surface area (Å²) in [6, 6.07) is 0.386. The first-order valence-electron chi connectivity index (χ1n) is 5.55. The van der Waals surface area contributed by atoms with Crippen molar-refractivity contribution in [2.75, 3.05) is 0 Å². The van der Waals surface area contributed by atoms with Crippen LogP contribution in [0.1, 0.15) is 37.4 Å². The van der Waals surface area contributed by atoms with E-state index in [1.54, 1.807) is 6.33 Å². The van der Waals surface area contributed by atoms with Crippen LogP contribution in [0.5, 0.6) is 0 Å². The molecule has 4 nitrogen and oxygen atoms in total. The van der Waals surface area contributed by atoms with Crippen LogP contribution in [-0.4, -0.2) is 20.8 Å². The molecule has 1 aliphatic carbocycles. The number of rotatable bonds is 3. The van der Waals surface area contributed by atoms with E-state index in [9.17, 15) is 0 Å². The van der Waals surface area contributed by atoms with Crippen LogP contribution in [0.3, 0.4) is 0 Å². The molecule has 0 aliphatic heterocycles. The fourth-order valence-corrected chi connectivity index (χ4v) is 2.24. The van der Waals surface area contributed by atoms with E-state index in [0.717, 1.165) is 38.1 Å². The van der Waals surface area contributed by atoms with Gasteiger partial charge in [-0.3, -0.25) is 0 Å². The molecule has 4 heteroatoms. The number of allylic oxidation sites excluding steroid dienone is 1. The molecule has 2 rings (SSSR count). The fraction of sp³-hybridized carbons (Fsp3) is 0.636. The maximum atomic E-state index is 5.89. The zero-order valence-corrected chi connectivity index (χ0v) is 8.97. The number of hydrogen-bond donors (Lipinski definition) is 1. The van der Waals surface area contributed by atoms with Gasteiger partial charge in [-0.05, 0) is 25.7 Å². The summed E-state index contributed by atoms with van der Waals surface area (Å²) in [7, 11) is 0. The van der Waals surface area contributed by atoms with Gasteiger partial charge in [0.2, 0.25) is 0 Å². The van der Waals surface area contributed by atoms with Crippen molar-refractivity contribution in [3.05, 3.63) is 24.8 Å². The van der Waals surface area contributed by atoms with Crippen LogP contribution < -0.4 is 5.73 Å². The van der Waals surface area contributed by atoms with E-state index in [1.807, 2.05) is 6.08 Å². The molecule has 0 unspecified atom stereocenters. The van der Waals surface area contributed by atoms with Gasteiger partial charge in [-0.25, -0.2) is 0 Å². The minimum atomic E-state index is 0.386. The molecule has 0 spiro atoms. The van der Waals surface area contributed by atoms with Crippen LogP contribution in [0.4, 0.5) is 0 Å². The van der Waals surface area contributed by atoms with Crippen molar-refractivity contribution in [2.45, 2.75) is 44.2 Å². The third-order valence-electron chi connectivity index (χ3n) is 3.11. The predicted molar refractivity (Wildman–Crippen MR) is 59.4 cm³/mol. The summed E-state index contributed by atoms with van der Waals surface area (Å²) < 4.78 is 2.08. The van der Waals surface area contributed by atoms with Crippen LogP contribution >= 0.6 is 0 Å². The third kappa shape index (κ3) is 2.26. The Kier molecular flexibility index (Phi) is 3.16. The standard InChI is InChI=1S/C11H18N4/c1-2-7-15-8-13-14-11(15)9-3-5-10(12)6-4-9/h2,8-10H,1,3-7,12H2. The lowest BCUT2D eigenvalue weighted by Crippen LogP contribution is -2.26. The Hall–Kier alpha value is -1.16. The monoisotopic (exact) mass is 206 g/mol. The van der Waals surface area contributed by atoms with E-state index >= 15 is 0 Å². The Balaban J connectivity index is 2.08. The number of hydrogen-bond acceptors (Lipinski definition) is 3. The molecule has 82 valence electrons. The van der Waals surface area contributed by atoms with Crippen molar-refractivity contribution in [1.29, 1.82) is 0 Å². The minimum Gasteiger partial charge on any atom is -0.328 e. The second-order valence-electron chi connectivity index (χ2n) is 4.24. The quantitative estimate of drug-likeness (QED) is 0.761. The summed E-state index contributed by atoms with van der Waals surface area (Å²) in [6.07, 6.45) is 8.14. The number of nitrogens with zero attached hydrogens (tertiary/aromatic N) is 3.